The van der Waals surface area contributed by atoms with Crippen LogP contribution in [0.15, 0.2) is 218 Å². The van der Waals surface area contributed by atoms with Gasteiger partial charge in [0.1, 0.15) is 0 Å². The standard InChI is InChI=1S/C58H36N4/c1-2-18-38(19-3-1)59-50-27-10-7-24-43(50)47-36-56-48(35-55(47)59)44-25-8-11-28-51(44)60(56)39-20-15-21-40(34-39)61-52-29-12-6-23-42(52)45-32-33-54-57(58(45)61)46-26-9-13-30-53(46)62(54)49-31-14-17-37-16-4-5-22-41(37)49/h1-36H. The maximum Gasteiger partial charge on any atom is 0.0641 e. The van der Waals surface area contributed by atoms with E-state index in [2.05, 4.69) is 237 Å². The van der Waals surface area contributed by atoms with Crippen molar-refractivity contribution in [2.24, 2.45) is 0 Å². The molecule has 0 fully saturated rings. The molecule has 62 heavy (non-hydrogen) atoms. The molecule has 4 heterocycles. The molecule has 0 aliphatic heterocycles. The van der Waals surface area contributed by atoms with Crippen LogP contribution in [-0.4, -0.2) is 18.3 Å². The quantitative estimate of drug-likeness (QED) is 0.169. The summed E-state index contributed by atoms with van der Waals surface area (Å²) in [7, 11) is 0. The lowest BCUT2D eigenvalue weighted by atomic mass is 10.1. The first-order chi connectivity index (χ1) is 30.8. The number of hydrogen-bond acceptors (Lipinski definition) is 0. The minimum atomic E-state index is 1.12. The highest BCUT2D eigenvalue weighted by Crippen LogP contribution is 2.44. The van der Waals surface area contributed by atoms with Crippen LogP contribution < -0.4 is 0 Å². The van der Waals surface area contributed by atoms with E-state index in [1.165, 1.54) is 104 Å². The van der Waals surface area contributed by atoms with Gasteiger partial charge in [0.15, 0.2) is 0 Å². The average molecular weight is 789 g/mol. The topological polar surface area (TPSA) is 19.7 Å². The van der Waals surface area contributed by atoms with Crippen LogP contribution in [0.3, 0.4) is 0 Å². The van der Waals surface area contributed by atoms with E-state index in [9.17, 15) is 0 Å². The normalized spacial score (nSPS) is 12.2. The monoisotopic (exact) mass is 788 g/mol. The van der Waals surface area contributed by atoms with E-state index in [-0.39, 0.29) is 0 Å². The molecule has 4 heteroatoms. The molecule has 4 aromatic heterocycles. The van der Waals surface area contributed by atoms with E-state index in [4.69, 9.17) is 0 Å². The second-order valence-electron chi connectivity index (χ2n) is 16.5. The Balaban J connectivity index is 1.06. The number of hydrogen-bond donors (Lipinski definition) is 0. The third kappa shape index (κ3) is 4.50. The summed E-state index contributed by atoms with van der Waals surface area (Å²) in [5.74, 6) is 0. The number of benzene rings is 10. The van der Waals surface area contributed by atoms with Gasteiger partial charge in [-0.25, -0.2) is 0 Å². The van der Waals surface area contributed by atoms with Gasteiger partial charge in [-0.3, -0.25) is 0 Å². The van der Waals surface area contributed by atoms with E-state index >= 15 is 0 Å². The Morgan fingerprint density at radius 1 is 0.226 bits per heavy atom. The molecule has 0 N–H and O–H groups in total. The first-order valence-corrected chi connectivity index (χ1v) is 21.4. The number of aromatic nitrogens is 4. The van der Waals surface area contributed by atoms with Gasteiger partial charge in [-0.2, -0.15) is 0 Å². The summed E-state index contributed by atoms with van der Waals surface area (Å²) < 4.78 is 9.86. The Labute approximate surface area is 355 Å². The molecule has 4 nitrogen and oxygen atoms in total. The summed E-state index contributed by atoms with van der Waals surface area (Å²) in [6.45, 7) is 0. The minimum Gasteiger partial charge on any atom is -0.309 e. The molecule has 0 radical (unpaired) electrons. The van der Waals surface area contributed by atoms with E-state index in [0.717, 1.165) is 17.1 Å². The van der Waals surface area contributed by atoms with Crippen molar-refractivity contribution in [1.82, 2.24) is 18.3 Å². The van der Waals surface area contributed by atoms with Gasteiger partial charge in [0, 0.05) is 65.5 Å². The van der Waals surface area contributed by atoms with Gasteiger partial charge in [0.2, 0.25) is 0 Å². The fourth-order valence-corrected chi connectivity index (χ4v) is 10.8. The molecular formula is C58H36N4. The predicted octanol–water partition coefficient (Wildman–Crippen LogP) is 15.2. The lowest BCUT2D eigenvalue weighted by Crippen LogP contribution is -1.99. The van der Waals surface area contributed by atoms with E-state index < -0.39 is 0 Å². The summed E-state index contributed by atoms with van der Waals surface area (Å²) >= 11 is 0. The fraction of sp³-hybridized carbons (Fsp3) is 0. The molecule has 0 unspecified atom stereocenters. The van der Waals surface area contributed by atoms with E-state index in [1.807, 2.05) is 0 Å². The number of rotatable bonds is 4. The van der Waals surface area contributed by atoms with Gasteiger partial charge in [0.05, 0.1) is 49.8 Å². The van der Waals surface area contributed by atoms with Crippen molar-refractivity contribution in [1.29, 1.82) is 0 Å². The highest BCUT2D eigenvalue weighted by atomic mass is 15.0. The molecule has 0 atom stereocenters. The Kier molecular flexibility index (Phi) is 6.80. The van der Waals surface area contributed by atoms with E-state index in [0.29, 0.717) is 0 Å². The zero-order valence-corrected chi connectivity index (χ0v) is 33.6. The SMILES string of the molecule is c1ccc(-n2c3ccccc3c3cc4c(cc32)c2ccccc2n4-c2cccc(-n3c4ccccc4c4ccc5c(c6ccccc6n5-c5cccc6ccccc56)c43)c2)cc1. The molecule has 10 aromatic carbocycles. The van der Waals surface area contributed by atoms with Crippen LogP contribution in [0, 0.1) is 0 Å². The second-order valence-corrected chi connectivity index (χ2v) is 16.5. The molecular weight excluding hydrogens is 753 g/mol. The summed E-state index contributed by atoms with van der Waals surface area (Å²) in [5.41, 5.74) is 14.2. The maximum absolute atomic E-state index is 2.51. The van der Waals surface area contributed by atoms with Crippen molar-refractivity contribution in [3.05, 3.63) is 218 Å². The molecule has 0 aliphatic rings. The highest BCUT2D eigenvalue weighted by Gasteiger charge is 2.23. The molecule has 0 bridgehead atoms. The molecule has 0 amide bonds. The third-order valence-corrected chi connectivity index (χ3v) is 13.3. The summed E-state index contributed by atoms with van der Waals surface area (Å²) in [4.78, 5) is 0. The van der Waals surface area contributed by atoms with Crippen molar-refractivity contribution in [2.45, 2.75) is 0 Å². The smallest absolute Gasteiger partial charge is 0.0641 e. The van der Waals surface area contributed by atoms with E-state index in [1.54, 1.807) is 0 Å². The third-order valence-electron chi connectivity index (χ3n) is 13.3. The lowest BCUT2D eigenvalue weighted by molar-refractivity contribution is 1.14. The van der Waals surface area contributed by atoms with Crippen LogP contribution >= 0.6 is 0 Å². The molecule has 0 spiro atoms. The number of para-hydroxylation sites is 5. The average Bonchev–Trinajstić information content (AvgIpc) is 4.06. The number of nitrogens with zero attached hydrogens (tertiary/aromatic N) is 4. The van der Waals surface area contributed by atoms with Crippen molar-refractivity contribution in [2.75, 3.05) is 0 Å². The first kappa shape index (κ1) is 33.5. The van der Waals surface area contributed by atoms with Crippen molar-refractivity contribution >= 4 is 98.0 Å². The van der Waals surface area contributed by atoms with Crippen LogP contribution in [0.1, 0.15) is 0 Å². The van der Waals surface area contributed by atoms with Gasteiger partial charge in [0.25, 0.3) is 0 Å². The molecule has 0 aliphatic carbocycles. The van der Waals surface area contributed by atoms with Gasteiger partial charge in [-0.05, 0) is 84.2 Å². The molecule has 14 aromatic rings. The van der Waals surface area contributed by atoms with Crippen LogP contribution in [0.25, 0.3) is 121 Å². The maximum atomic E-state index is 2.51. The Bertz CT molecular complexity index is 4150. The van der Waals surface area contributed by atoms with Crippen LogP contribution in [0.5, 0.6) is 0 Å². The summed E-state index contributed by atoms with van der Waals surface area (Å²) in [6, 6.07) is 80.2. The Morgan fingerprint density at radius 2 is 0.694 bits per heavy atom. The second kappa shape index (κ2) is 12.6. The van der Waals surface area contributed by atoms with Crippen LogP contribution in [0.2, 0.25) is 0 Å². The zero-order valence-electron chi connectivity index (χ0n) is 33.6. The predicted molar refractivity (Wildman–Crippen MR) is 261 cm³/mol. The largest absolute Gasteiger partial charge is 0.309 e. The van der Waals surface area contributed by atoms with Gasteiger partial charge in [-0.1, -0.05) is 140 Å². The number of fused-ring (bicyclic) bond motifs is 14. The summed E-state index contributed by atoms with van der Waals surface area (Å²) in [5, 5.41) is 12.4. The Morgan fingerprint density at radius 3 is 1.37 bits per heavy atom. The zero-order chi connectivity index (χ0) is 40.5. The van der Waals surface area contributed by atoms with Crippen LogP contribution in [-0.2, 0) is 0 Å². The fourth-order valence-electron chi connectivity index (χ4n) is 10.8. The lowest BCUT2D eigenvalue weighted by Gasteiger charge is -2.14. The Hall–Kier alpha value is -8.34. The van der Waals surface area contributed by atoms with Crippen molar-refractivity contribution in [3.63, 3.8) is 0 Å². The van der Waals surface area contributed by atoms with Crippen LogP contribution in [0.4, 0.5) is 0 Å². The molecule has 288 valence electrons. The highest BCUT2D eigenvalue weighted by molar-refractivity contribution is 6.26. The van der Waals surface area contributed by atoms with Crippen molar-refractivity contribution < 1.29 is 0 Å². The minimum absolute atomic E-state index is 1.12. The van der Waals surface area contributed by atoms with Crippen molar-refractivity contribution in [3.8, 4) is 22.7 Å². The first-order valence-electron chi connectivity index (χ1n) is 21.4. The molecule has 14 rings (SSSR count). The molecule has 0 saturated heterocycles. The van der Waals surface area contributed by atoms with Gasteiger partial charge >= 0.3 is 0 Å². The summed E-state index contributed by atoms with van der Waals surface area (Å²) in [6.07, 6.45) is 0. The van der Waals surface area contributed by atoms with Gasteiger partial charge in [-0.15, -0.1) is 0 Å². The molecule has 0 saturated carbocycles. The van der Waals surface area contributed by atoms with Gasteiger partial charge < -0.3 is 18.3 Å².